The second-order valence-electron chi connectivity index (χ2n) is 7.50. The van der Waals surface area contributed by atoms with Gasteiger partial charge in [0.25, 0.3) is 0 Å². The average Bonchev–Trinajstić information content (AvgIpc) is 3.25. The first-order valence-corrected chi connectivity index (χ1v) is 9.21. The maximum absolute atomic E-state index is 12.9. The van der Waals surface area contributed by atoms with E-state index < -0.39 is 11.5 Å². The van der Waals surface area contributed by atoms with Gasteiger partial charge in [-0.05, 0) is 44.1 Å². The SMILES string of the molecule is Cc1cccc(C2(C(=O)NCC(O)COCC3CC3)CCCC2)c1. The van der Waals surface area contributed by atoms with Gasteiger partial charge in [-0.15, -0.1) is 0 Å². The summed E-state index contributed by atoms with van der Waals surface area (Å²) in [5.41, 5.74) is 1.86. The monoisotopic (exact) mass is 331 g/mol. The Balaban J connectivity index is 1.56. The summed E-state index contributed by atoms with van der Waals surface area (Å²) in [5.74, 6) is 0.738. The Morgan fingerprint density at radius 2 is 2.12 bits per heavy atom. The molecule has 0 heterocycles. The Morgan fingerprint density at radius 3 is 2.79 bits per heavy atom. The number of amides is 1. The summed E-state index contributed by atoms with van der Waals surface area (Å²) in [6.07, 6.45) is 5.77. The topological polar surface area (TPSA) is 58.6 Å². The van der Waals surface area contributed by atoms with Crippen molar-refractivity contribution in [2.75, 3.05) is 19.8 Å². The molecule has 1 unspecified atom stereocenters. The van der Waals surface area contributed by atoms with Crippen molar-refractivity contribution in [2.45, 2.75) is 57.0 Å². The van der Waals surface area contributed by atoms with Crippen LogP contribution in [0.5, 0.6) is 0 Å². The number of ether oxygens (including phenoxy) is 1. The van der Waals surface area contributed by atoms with Crippen molar-refractivity contribution < 1.29 is 14.6 Å². The van der Waals surface area contributed by atoms with E-state index in [1.807, 2.05) is 6.07 Å². The van der Waals surface area contributed by atoms with Gasteiger partial charge in [-0.2, -0.15) is 0 Å². The molecule has 132 valence electrons. The molecular weight excluding hydrogens is 302 g/mol. The lowest BCUT2D eigenvalue weighted by atomic mass is 9.77. The third kappa shape index (κ3) is 4.17. The Hall–Kier alpha value is -1.39. The van der Waals surface area contributed by atoms with Crippen molar-refractivity contribution in [3.63, 3.8) is 0 Å². The molecule has 1 aromatic rings. The molecule has 2 saturated carbocycles. The van der Waals surface area contributed by atoms with Crippen molar-refractivity contribution in [3.8, 4) is 0 Å². The molecule has 2 N–H and O–H groups in total. The predicted octanol–water partition coefficient (Wildman–Crippen LogP) is 2.71. The van der Waals surface area contributed by atoms with Gasteiger partial charge in [0, 0.05) is 13.2 Å². The molecule has 1 aromatic carbocycles. The highest BCUT2D eigenvalue weighted by Gasteiger charge is 2.42. The predicted molar refractivity (Wildman–Crippen MR) is 93.9 cm³/mol. The summed E-state index contributed by atoms with van der Waals surface area (Å²) in [6.45, 7) is 3.36. The molecule has 0 spiro atoms. The van der Waals surface area contributed by atoms with Gasteiger partial charge in [0.15, 0.2) is 0 Å². The van der Waals surface area contributed by atoms with Crippen LogP contribution in [0.25, 0.3) is 0 Å². The van der Waals surface area contributed by atoms with Crippen LogP contribution in [0.15, 0.2) is 24.3 Å². The second kappa shape index (κ2) is 7.66. The standard InChI is InChI=1S/C20H29NO3/c1-15-5-4-6-17(11-15)20(9-2-3-10-20)19(23)21-12-18(22)14-24-13-16-7-8-16/h4-6,11,16,18,22H,2-3,7-10,12-14H2,1H3,(H,21,23). The maximum atomic E-state index is 12.9. The third-order valence-electron chi connectivity index (χ3n) is 5.32. The number of hydrogen-bond acceptors (Lipinski definition) is 3. The number of hydrogen-bond donors (Lipinski definition) is 2. The van der Waals surface area contributed by atoms with E-state index >= 15 is 0 Å². The molecule has 0 saturated heterocycles. The quantitative estimate of drug-likeness (QED) is 0.770. The molecule has 2 aliphatic carbocycles. The highest BCUT2D eigenvalue weighted by Crippen LogP contribution is 2.41. The largest absolute Gasteiger partial charge is 0.389 e. The fourth-order valence-corrected chi connectivity index (χ4v) is 3.66. The molecule has 4 nitrogen and oxygen atoms in total. The molecule has 24 heavy (non-hydrogen) atoms. The van der Waals surface area contributed by atoms with Gasteiger partial charge < -0.3 is 15.2 Å². The van der Waals surface area contributed by atoms with E-state index in [-0.39, 0.29) is 12.5 Å². The van der Waals surface area contributed by atoms with Gasteiger partial charge in [0.05, 0.1) is 18.1 Å². The molecule has 0 radical (unpaired) electrons. The van der Waals surface area contributed by atoms with Crippen molar-refractivity contribution in [1.82, 2.24) is 5.32 Å². The summed E-state index contributed by atoms with van der Waals surface area (Å²) in [5, 5.41) is 13.0. The summed E-state index contributed by atoms with van der Waals surface area (Å²) in [7, 11) is 0. The van der Waals surface area contributed by atoms with E-state index in [1.165, 1.54) is 18.4 Å². The second-order valence-corrected chi connectivity index (χ2v) is 7.50. The fraction of sp³-hybridized carbons (Fsp3) is 0.650. The zero-order valence-corrected chi connectivity index (χ0v) is 14.6. The van der Waals surface area contributed by atoms with Crippen LogP contribution in [-0.4, -0.2) is 36.9 Å². The van der Waals surface area contributed by atoms with Crippen LogP contribution in [0.4, 0.5) is 0 Å². The first-order valence-electron chi connectivity index (χ1n) is 9.21. The highest BCUT2D eigenvalue weighted by molar-refractivity contribution is 5.88. The van der Waals surface area contributed by atoms with Gasteiger partial charge in [-0.1, -0.05) is 42.7 Å². The van der Waals surface area contributed by atoms with E-state index in [2.05, 4.69) is 30.4 Å². The van der Waals surface area contributed by atoms with Gasteiger partial charge in [-0.3, -0.25) is 4.79 Å². The number of aliphatic hydroxyl groups excluding tert-OH is 1. The first-order chi connectivity index (χ1) is 11.6. The molecule has 0 aliphatic heterocycles. The molecule has 0 bridgehead atoms. The number of carbonyl (C=O) groups is 1. The van der Waals surface area contributed by atoms with Crippen molar-refractivity contribution in [1.29, 1.82) is 0 Å². The molecule has 1 amide bonds. The van der Waals surface area contributed by atoms with E-state index in [9.17, 15) is 9.90 Å². The van der Waals surface area contributed by atoms with Crippen LogP contribution >= 0.6 is 0 Å². The molecule has 2 aliphatic rings. The average molecular weight is 331 g/mol. The minimum absolute atomic E-state index is 0.0480. The summed E-state index contributed by atoms with van der Waals surface area (Å²) in [4.78, 5) is 12.9. The normalized spacial score (nSPS) is 20.8. The Bertz CT molecular complexity index is 562. The molecule has 2 fully saturated rings. The van der Waals surface area contributed by atoms with E-state index in [1.54, 1.807) is 0 Å². The lowest BCUT2D eigenvalue weighted by Gasteiger charge is -2.29. The zero-order chi connectivity index (χ0) is 17.0. The number of aryl methyl sites for hydroxylation is 1. The Labute approximate surface area is 144 Å². The summed E-state index contributed by atoms with van der Waals surface area (Å²) in [6, 6.07) is 8.27. The Kier molecular flexibility index (Phi) is 5.57. The van der Waals surface area contributed by atoms with Crippen molar-refractivity contribution >= 4 is 5.91 Å². The smallest absolute Gasteiger partial charge is 0.230 e. The van der Waals surface area contributed by atoms with Crippen LogP contribution in [-0.2, 0) is 14.9 Å². The minimum Gasteiger partial charge on any atom is -0.389 e. The number of benzene rings is 1. The summed E-state index contributed by atoms with van der Waals surface area (Å²) >= 11 is 0. The number of rotatable bonds is 8. The number of nitrogens with one attached hydrogen (secondary N) is 1. The molecule has 0 aromatic heterocycles. The molecule has 4 heteroatoms. The van der Waals surface area contributed by atoms with Gasteiger partial charge in [0.2, 0.25) is 5.91 Å². The van der Waals surface area contributed by atoms with E-state index in [4.69, 9.17) is 4.74 Å². The van der Waals surface area contributed by atoms with Gasteiger partial charge >= 0.3 is 0 Å². The lowest BCUT2D eigenvalue weighted by Crippen LogP contribution is -2.45. The van der Waals surface area contributed by atoms with Crippen molar-refractivity contribution in [2.24, 2.45) is 5.92 Å². The lowest BCUT2D eigenvalue weighted by molar-refractivity contribution is -0.127. The minimum atomic E-state index is -0.635. The summed E-state index contributed by atoms with van der Waals surface area (Å²) < 4.78 is 5.50. The van der Waals surface area contributed by atoms with Crippen LogP contribution in [0.2, 0.25) is 0 Å². The van der Waals surface area contributed by atoms with E-state index in [0.717, 1.165) is 37.9 Å². The molecular formula is C20H29NO3. The zero-order valence-electron chi connectivity index (χ0n) is 14.6. The van der Waals surface area contributed by atoms with Crippen LogP contribution in [0.3, 0.4) is 0 Å². The third-order valence-corrected chi connectivity index (χ3v) is 5.32. The van der Waals surface area contributed by atoms with Crippen LogP contribution in [0, 0.1) is 12.8 Å². The first kappa shape index (κ1) is 17.4. The number of aliphatic hydroxyl groups is 1. The fourth-order valence-electron chi connectivity index (χ4n) is 3.66. The van der Waals surface area contributed by atoms with E-state index in [0.29, 0.717) is 12.5 Å². The van der Waals surface area contributed by atoms with Crippen LogP contribution < -0.4 is 5.32 Å². The maximum Gasteiger partial charge on any atom is 0.230 e. The van der Waals surface area contributed by atoms with Gasteiger partial charge in [0.1, 0.15) is 0 Å². The molecule has 1 atom stereocenters. The Morgan fingerprint density at radius 1 is 1.38 bits per heavy atom. The molecule has 3 rings (SSSR count). The van der Waals surface area contributed by atoms with Gasteiger partial charge in [-0.25, -0.2) is 0 Å². The highest BCUT2D eigenvalue weighted by atomic mass is 16.5. The van der Waals surface area contributed by atoms with Crippen molar-refractivity contribution in [3.05, 3.63) is 35.4 Å². The number of carbonyl (C=O) groups excluding carboxylic acids is 1. The van der Waals surface area contributed by atoms with Crippen LogP contribution in [0.1, 0.15) is 49.7 Å².